The molecule has 2 rings (SSSR count). The molecule has 0 saturated heterocycles. The molecule has 0 radical (unpaired) electrons. The van der Waals surface area contributed by atoms with E-state index in [1.165, 1.54) is 0 Å². The van der Waals surface area contributed by atoms with Crippen LogP contribution in [-0.4, -0.2) is 42.3 Å². The summed E-state index contributed by atoms with van der Waals surface area (Å²) in [5.41, 5.74) is 0.367. The third-order valence-corrected chi connectivity index (χ3v) is 4.45. The van der Waals surface area contributed by atoms with Gasteiger partial charge in [-0.1, -0.05) is 11.8 Å². The van der Waals surface area contributed by atoms with Crippen LogP contribution < -0.4 is 9.47 Å². The van der Waals surface area contributed by atoms with Crippen molar-refractivity contribution >= 4 is 11.9 Å². The van der Waals surface area contributed by atoms with E-state index in [2.05, 4.69) is 16.8 Å². The molecular formula is C27H33NO6. The Balaban J connectivity index is 2.81. The SMILES string of the molecule is COc1cc(C#Cc2c(C(=O)OC(C)(C)C)c(C)nc(C)c2C(=O)OC(C)(C)C)cc(OC)c1. The number of benzene rings is 1. The van der Waals surface area contributed by atoms with Gasteiger partial charge in [0, 0.05) is 11.6 Å². The second kappa shape index (κ2) is 10.2. The van der Waals surface area contributed by atoms with E-state index >= 15 is 0 Å². The highest BCUT2D eigenvalue weighted by atomic mass is 16.6. The summed E-state index contributed by atoms with van der Waals surface area (Å²) in [5.74, 6) is 5.93. The van der Waals surface area contributed by atoms with Crippen molar-refractivity contribution < 1.29 is 28.5 Å². The number of ether oxygens (including phenoxy) is 4. The summed E-state index contributed by atoms with van der Waals surface area (Å²) in [5, 5.41) is 0. The van der Waals surface area contributed by atoms with E-state index < -0.39 is 23.1 Å². The molecule has 0 unspecified atom stereocenters. The number of carbonyl (C=O) groups excluding carboxylic acids is 2. The van der Waals surface area contributed by atoms with Gasteiger partial charge in [0.05, 0.1) is 42.3 Å². The summed E-state index contributed by atoms with van der Waals surface area (Å²) in [4.78, 5) is 30.8. The van der Waals surface area contributed by atoms with Gasteiger partial charge in [0.15, 0.2) is 0 Å². The second-order valence-corrected chi connectivity index (χ2v) is 9.76. The molecule has 0 saturated carbocycles. The number of hydrogen-bond donors (Lipinski definition) is 0. The van der Waals surface area contributed by atoms with E-state index in [0.29, 0.717) is 28.5 Å². The van der Waals surface area contributed by atoms with E-state index in [1.54, 1.807) is 87.8 Å². The molecule has 7 nitrogen and oxygen atoms in total. The lowest BCUT2D eigenvalue weighted by Gasteiger charge is -2.23. The van der Waals surface area contributed by atoms with E-state index in [-0.39, 0.29) is 16.7 Å². The Bertz CT molecular complexity index is 1080. The van der Waals surface area contributed by atoms with E-state index in [4.69, 9.17) is 18.9 Å². The number of methoxy groups -OCH3 is 2. The number of nitrogens with zero attached hydrogens (tertiary/aromatic N) is 1. The number of pyridine rings is 1. The molecule has 0 aliphatic heterocycles. The van der Waals surface area contributed by atoms with Crippen LogP contribution in [0.1, 0.15) is 84.8 Å². The molecule has 0 amide bonds. The monoisotopic (exact) mass is 467 g/mol. The molecule has 182 valence electrons. The largest absolute Gasteiger partial charge is 0.497 e. The fourth-order valence-corrected chi connectivity index (χ4v) is 3.15. The van der Waals surface area contributed by atoms with Gasteiger partial charge >= 0.3 is 11.9 Å². The maximum atomic E-state index is 13.2. The molecule has 7 heteroatoms. The summed E-state index contributed by atoms with van der Waals surface area (Å²) >= 11 is 0. The van der Waals surface area contributed by atoms with Crippen molar-refractivity contribution in [3.63, 3.8) is 0 Å². The Labute approximate surface area is 201 Å². The number of aromatic nitrogens is 1. The summed E-state index contributed by atoms with van der Waals surface area (Å²) < 4.78 is 21.8. The lowest BCUT2D eigenvalue weighted by atomic mass is 9.97. The predicted molar refractivity (Wildman–Crippen MR) is 130 cm³/mol. The van der Waals surface area contributed by atoms with Crippen LogP contribution >= 0.6 is 0 Å². The van der Waals surface area contributed by atoms with E-state index in [0.717, 1.165) is 0 Å². The number of carbonyl (C=O) groups is 2. The quantitative estimate of drug-likeness (QED) is 0.461. The minimum atomic E-state index is -0.745. The highest BCUT2D eigenvalue weighted by molar-refractivity contribution is 6.01. The first-order valence-corrected chi connectivity index (χ1v) is 10.9. The Morgan fingerprint density at radius 2 is 1.15 bits per heavy atom. The van der Waals surface area contributed by atoms with Gasteiger partial charge in [-0.25, -0.2) is 9.59 Å². The van der Waals surface area contributed by atoms with Gasteiger partial charge < -0.3 is 18.9 Å². The molecule has 1 heterocycles. The van der Waals surface area contributed by atoms with Crippen LogP contribution in [0.15, 0.2) is 18.2 Å². The van der Waals surface area contributed by atoms with Gasteiger partial charge in [-0.05, 0) is 67.5 Å². The lowest BCUT2D eigenvalue weighted by Crippen LogP contribution is -2.28. The normalized spacial score (nSPS) is 11.2. The highest BCUT2D eigenvalue weighted by Gasteiger charge is 2.30. The minimum Gasteiger partial charge on any atom is -0.497 e. The molecule has 0 fully saturated rings. The summed E-state index contributed by atoms with van der Waals surface area (Å²) in [7, 11) is 3.09. The van der Waals surface area contributed by atoms with Crippen molar-refractivity contribution in [2.45, 2.75) is 66.6 Å². The van der Waals surface area contributed by atoms with E-state index in [1.807, 2.05) is 0 Å². The number of rotatable bonds is 4. The Hall–Kier alpha value is -3.53. The molecule has 34 heavy (non-hydrogen) atoms. The summed E-state index contributed by atoms with van der Waals surface area (Å²) in [6, 6.07) is 5.19. The lowest BCUT2D eigenvalue weighted by molar-refractivity contribution is 0.00669. The van der Waals surface area contributed by atoms with Crippen LogP contribution in [0.4, 0.5) is 0 Å². The van der Waals surface area contributed by atoms with Gasteiger partial charge in [-0.3, -0.25) is 4.98 Å². The first-order chi connectivity index (χ1) is 15.6. The van der Waals surface area contributed by atoms with Crippen LogP contribution in [0.5, 0.6) is 11.5 Å². The van der Waals surface area contributed by atoms with Crippen molar-refractivity contribution in [3.8, 4) is 23.3 Å². The smallest absolute Gasteiger partial charge is 0.341 e. The highest BCUT2D eigenvalue weighted by Crippen LogP contribution is 2.26. The summed E-state index contributed by atoms with van der Waals surface area (Å²) in [6.45, 7) is 14.0. The molecule has 0 aliphatic carbocycles. The fraction of sp³-hybridized carbons (Fsp3) is 0.444. The van der Waals surface area contributed by atoms with Gasteiger partial charge in [0.2, 0.25) is 0 Å². The Morgan fingerprint density at radius 1 is 0.735 bits per heavy atom. The van der Waals surface area contributed by atoms with Crippen LogP contribution in [0.25, 0.3) is 0 Å². The fourth-order valence-electron chi connectivity index (χ4n) is 3.15. The first-order valence-electron chi connectivity index (χ1n) is 10.9. The van der Waals surface area contributed by atoms with Crippen molar-refractivity contribution in [1.82, 2.24) is 4.98 Å². The molecule has 0 N–H and O–H groups in total. The van der Waals surface area contributed by atoms with Crippen molar-refractivity contribution in [2.75, 3.05) is 14.2 Å². The molecule has 0 spiro atoms. The van der Waals surface area contributed by atoms with E-state index in [9.17, 15) is 9.59 Å². The first kappa shape index (κ1) is 26.7. The zero-order valence-corrected chi connectivity index (χ0v) is 21.6. The zero-order chi connectivity index (χ0) is 25.8. The van der Waals surface area contributed by atoms with Crippen LogP contribution in [0.3, 0.4) is 0 Å². The van der Waals surface area contributed by atoms with Crippen LogP contribution in [-0.2, 0) is 9.47 Å². The summed E-state index contributed by atoms with van der Waals surface area (Å²) in [6.07, 6.45) is 0. The van der Waals surface area contributed by atoms with Crippen molar-refractivity contribution in [3.05, 3.63) is 51.8 Å². The van der Waals surface area contributed by atoms with Gasteiger partial charge in [0.1, 0.15) is 22.7 Å². The molecule has 1 aromatic heterocycles. The van der Waals surface area contributed by atoms with Crippen LogP contribution in [0, 0.1) is 25.7 Å². The molecule has 1 aromatic carbocycles. The molecule has 0 atom stereocenters. The standard InChI is InChI=1S/C27H33NO6/c1-16-22(24(29)33-26(3,4)5)21(23(17(2)28-16)25(30)34-27(6,7)8)12-11-18-13-19(31-9)15-20(14-18)32-10/h13-15H,1-10H3. The number of aryl methyl sites for hydroxylation is 2. The second-order valence-electron chi connectivity index (χ2n) is 9.76. The third-order valence-electron chi connectivity index (χ3n) is 4.45. The van der Waals surface area contributed by atoms with Crippen LogP contribution in [0.2, 0.25) is 0 Å². The van der Waals surface area contributed by atoms with Gasteiger partial charge in [-0.2, -0.15) is 0 Å². The minimum absolute atomic E-state index is 0.128. The Morgan fingerprint density at radius 3 is 1.50 bits per heavy atom. The maximum absolute atomic E-state index is 13.2. The molecule has 0 bridgehead atoms. The Kier molecular flexibility index (Phi) is 7.99. The number of hydrogen-bond acceptors (Lipinski definition) is 7. The van der Waals surface area contributed by atoms with Gasteiger partial charge in [0.25, 0.3) is 0 Å². The zero-order valence-electron chi connectivity index (χ0n) is 21.6. The number of esters is 2. The maximum Gasteiger partial charge on any atom is 0.341 e. The topological polar surface area (TPSA) is 84.0 Å². The van der Waals surface area contributed by atoms with Crippen molar-refractivity contribution in [1.29, 1.82) is 0 Å². The predicted octanol–water partition coefficient (Wildman–Crippen LogP) is 5.03. The van der Waals surface area contributed by atoms with Crippen molar-refractivity contribution in [2.24, 2.45) is 0 Å². The molecular weight excluding hydrogens is 434 g/mol. The van der Waals surface area contributed by atoms with Gasteiger partial charge in [-0.15, -0.1) is 0 Å². The molecule has 2 aromatic rings. The average molecular weight is 468 g/mol. The third kappa shape index (κ3) is 6.98. The average Bonchev–Trinajstić information content (AvgIpc) is 2.68. The molecule has 0 aliphatic rings.